The Morgan fingerprint density at radius 2 is 2.15 bits per heavy atom. The molecule has 1 aliphatic heterocycles. The number of carbonyl (C=O) groups is 2. The third kappa shape index (κ3) is 3.21. The lowest BCUT2D eigenvalue weighted by Gasteiger charge is -2.33. The molecule has 1 saturated heterocycles. The summed E-state index contributed by atoms with van der Waals surface area (Å²) in [5.41, 5.74) is 0.862. The van der Waals surface area contributed by atoms with E-state index in [0.717, 1.165) is 19.3 Å². The van der Waals surface area contributed by atoms with E-state index in [9.17, 15) is 9.59 Å². The number of halogens is 1. The molecule has 1 aromatic carbocycles. The van der Waals surface area contributed by atoms with Crippen molar-refractivity contribution < 1.29 is 23.6 Å². The Morgan fingerprint density at radius 1 is 1.35 bits per heavy atom. The van der Waals surface area contributed by atoms with Gasteiger partial charge in [-0.2, -0.15) is 0 Å². The average molecular weight is 376 g/mol. The third-order valence-electron chi connectivity index (χ3n) is 5.09. The number of rotatable bonds is 5. The molecule has 1 aliphatic carbocycles. The first-order chi connectivity index (χ1) is 12.6. The van der Waals surface area contributed by atoms with E-state index in [1.165, 1.54) is 0 Å². The van der Waals surface area contributed by atoms with Crippen molar-refractivity contribution in [2.24, 2.45) is 5.41 Å². The first kappa shape index (κ1) is 17.1. The van der Waals surface area contributed by atoms with Crippen LogP contribution in [0.5, 0.6) is 0 Å². The van der Waals surface area contributed by atoms with E-state index in [4.69, 9.17) is 25.6 Å². The highest BCUT2D eigenvalue weighted by molar-refractivity contribution is 6.33. The Balaban J connectivity index is 1.30. The van der Waals surface area contributed by atoms with Gasteiger partial charge in [0.15, 0.2) is 5.76 Å². The minimum Gasteiger partial charge on any atom is -0.461 e. The summed E-state index contributed by atoms with van der Waals surface area (Å²) < 4.78 is 15.8. The van der Waals surface area contributed by atoms with Crippen LogP contribution in [0.25, 0.3) is 11.3 Å². The second-order valence-corrected chi connectivity index (χ2v) is 7.29. The van der Waals surface area contributed by atoms with Crippen LogP contribution in [0.1, 0.15) is 31.4 Å². The lowest BCUT2D eigenvalue weighted by atomic mass is 9.67. The second-order valence-electron chi connectivity index (χ2n) is 6.89. The maximum absolute atomic E-state index is 12.0. The first-order valence-electron chi connectivity index (χ1n) is 8.63. The highest BCUT2D eigenvalue weighted by Crippen LogP contribution is 2.50. The van der Waals surface area contributed by atoms with Crippen LogP contribution in [-0.2, 0) is 25.5 Å². The summed E-state index contributed by atoms with van der Waals surface area (Å²) in [5, 5.41) is 4.44. The zero-order chi connectivity index (χ0) is 18.1. The van der Waals surface area contributed by atoms with Crippen LogP contribution in [0.4, 0.5) is 0 Å². The predicted molar refractivity (Wildman–Crippen MR) is 92.4 cm³/mol. The van der Waals surface area contributed by atoms with Gasteiger partial charge < -0.3 is 14.0 Å². The molecule has 2 heterocycles. The van der Waals surface area contributed by atoms with E-state index in [1.807, 2.05) is 18.2 Å². The number of hydrogen-bond donors (Lipinski definition) is 0. The Morgan fingerprint density at radius 3 is 2.85 bits per heavy atom. The van der Waals surface area contributed by atoms with Gasteiger partial charge in [-0.1, -0.05) is 35.3 Å². The number of ether oxygens (including phenoxy) is 2. The largest absolute Gasteiger partial charge is 0.461 e. The van der Waals surface area contributed by atoms with Crippen LogP contribution >= 0.6 is 11.6 Å². The van der Waals surface area contributed by atoms with Crippen LogP contribution < -0.4 is 0 Å². The normalized spacial score (nSPS) is 20.7. The summed E-state index contributed by atoms with van der Waals surface area (Å²) in [6.07, 6.45) is 3.09. The van der Waals surface area contributed by atoms with Crippen LogP contribution in [0.2, 0.25) is 5.02 Å². The zero-order valence-electron chi connectivity index (χ0n) is 14.1. The van der Waals surface area contributed by atoms with Gasteiger partial charge in [-0.3, -0.25) is 9.59 Å². The van der Waals surface area contributed by atoms with E-state index in [2.05, 4.69) is 5.16 Å². The summed E-state index contributed by atoms with van der Waals surface area (Å²) >= 11 is 6.13. The van der Waals surface area contributed by atoms with Gasteiger partial charge in [-0.05, 0) is 25.0 Å². The molecule has 1 spiro atoms. The van der Waals surface area contributed by atoms with Gasteiger partial charge in [0, 0.05) is 18.1 Å². The summed E-state index contributed by atoms with van der Waals surface area (Å²) in [6, 6.07) is 8.90. The van der Waals surface area contributed by atoms with Crippen molar-refractivity contribution in [3.05, 3.63) is 41.0 Å². The van der Waals surface area contributed by atoms with E-state index >= 15 is 0 Å². The van der Waals surface area contributed by atoms with E-state index in [-0.39, 0.29) is 30.5 Å². The van der Waals surface area contributed by atoms with Gasteiger partial charge in [0.1, 0.15) is 12.7 Å². The number of aromatic nitrogens is 1. The Bertz CT molecular complexity index is 842. The smallest absolute Gasteiger partial charge is 0.312 e. The number of esters is 2. The molecule has 1 unspecified atom stereocenters. The van der Waals surface area contributed by atoms with Gasteiger partial charge >= 0.3 is 11.9 Å². The molecule has 1 atom stereocenters. The fourth-order valence-electron chi connectivity index (χ4n) is 3.51. The molecule has 7 heteroatoms. The van der Waals surface area contributed by atoms with E-state index < -0.39 is 5.97 Å². The standard InChI is InChI=1S/C19H18ClNO5/c20-15-5-2-1-4-14(15)16-8-12(21-26-16)9-17(22)24-11-13-10-19(6-3-7-19)18(23)25-13/h1-2,4-5,8,13H,3,6-7,9-11H2. The van der Waals surface area contributed by atoms with Gasteiger partial charge in [0.25, 0.3) is 0 Å². The monoisotopic (exact) mass is 375 g/mol. The maximum atomic E-state index is 12.0. The highest BCUT2D eigenvalue weighted by atomic mass is 35.5. The van der Waals surface area contributed by atoms with Crippen LogP contribution in [0, 0.1) is 5.41 Å². The molecule has 0 N–H and O–H groups in total. The topological polar surface area (TPSA) is 78.6 Å². The average Bonchev–Trinajstić information content (AvgIpc) is 3.17. The van der Waals surface area contributed by atoms with Crippen molar-refractivity contribution >= 4 is 23.5 Å². The molecule has 0 amide bonds. The van der Waals surface area contributed by atoms with Crippen molar-refractivity contribution in [1.29, 1.82) is 0 Å². The van der Waals surface area contributed by atoms with Gasteiger partial charge in [-0.25, -0.2) is 0 Å². The van der Waals surface area contributed by atoms with Gasteiger partial charge in [0.05, 0.1) is 22.6 Å². The fourth-order valence-corrected chi connectivity index (χ4v) is 3.74. The molecule has 1 aromatic heterocycles. The minimum atomic E-state index is -0.436. The Labute approximate surface area is 155 Å². The molecular formula is C19H18ClNO5. The molecule has 136 valence electrons. The molecule has 2 aliphatic rings. The number of cyclic esters (lactones) is 1. The van der Waals surface area contributed by atoms with Crippen LogP contribution in [0.3, 0.4) is 0 Å². The van der Waals surface area contributed by atoms with Crippen molar-refractivity contribution in [2.45, 2.75) is 38.2 Å². The number of hydrogen-bond acceptors (Lipinski definition) is 6. The van der Waals surface area contributed by atoms with Crippen molar-refractivity contribution in [1.82, 2.24) is 5.16 Å². The molecule has 4 rings (SSSR count). The molecule has 0 radical (unpaired) electrons. The quantitative estimate of drug-likeness (QED) is 0.743. The molecule has 6 nitrogen and oxygen atoms in total. The maximum Gasteiger partial charge on any atom is 0.312 e. The zero-order valence-corrected chi connectivity index (χ0v) is 14.8. The molecular weight excluding hydrogens is 358 g/mol. The Kier molecular flexibility index (Phi) is 4.44. The lowest BCUT2D eigenvalue weighted by Crippen LogP contribution is -2.33. The summed E-state index contributed by atoms with van der Waals surface area (Å²) in [7, 11) is 0. The molecule has 0 bridgehead atoms. The van der Waals surface area contributed by atoms with Crippen molar-refractivity contribution in [3.8, 4) is 11.3 Å². The van der Waals surface area contributed by atoms with E-state index in [1.54, 1.807) is 12.1 Å². The fraction of sp³-hybridized carbons (Fsp3) is 0.421. The lowest BCUT2D eigenvalue weighted by molar-refractivity contribution is -0.157. The van der Waals surface area contributed by atoms with Crippen LogP contribution in [-0.4, -0.2) is 29.8 Å². The SMILES string of the molecule is O=C(Cc1cc(-c2ccccc2Cl)on1)OCC1CC2(CCC2)C(=O)O1. The van der Waals surface area contributed by atoms with Crippen LogP contribution in [0.15, 0.2) is 34.9 Å². The van der Waals surface area contributed by atoms with Gasteiger partial charge in [-0.15, -0.1) is 0 Å². The number of benzene rings is 1. The first-order valence-corrected chi connectivity index (χ1v) is 9.01. The number of nitrogens with zero attached hydrogens (tertiary/aromatic N) is 1. The molecule has 26 heavy (non-hydrogen) atoms. The van der Waals surface area contributed by atoms with Crippen molar-refractivity contribution in [3.63, 3.8) is 0 Å². The summed E-state index contributed by atoms with van der Waals surface area (Å²) in [5.74, 6) is -0.0876. The molecule has 2 aromatic rings. The third-order valence-corrected chi connectivity index (χ3v) is 5.42. The predicted octanol–water partition coefficient (Wildman–Crippen LogP) is 3.57. The molecule has 2 fully saturated rings. The summed E-state index contributed by atoms with van der Waals surface area (Å²) in [4.78, 5) is 23.9. The number of carbonyl (C=O) groups excluding carboxylic acids is 2. The second kappa shape index (κ2) is 6.76. The Hall–Kier alpha value is -2.34. The van der Waals surface area contributed by atoms with Crippen molar-refractivity contribution in [2.75, 3.05) is 6.61 Å². The van der Waals surface area contributed by atoms with E-state index in [0.29, 0.717) is 28.5 Å². The molecule has 1 saturated carbocycles. The summed E-state index contributed by atoms with van der Waals surface area (Å²) in [6.45, 7) is 0.0849. The van der Waals surface area contributed by atoms with Gasteiger partial charge in [0.2, 0.25) is 0 Å². The highest BCUT2D eigenvalue weighted by Gasteiger charge is 2.53. The minimum absolute atomic E-state index is 0.0141.